The van der Waals surface area contributed by atoms with Crippen molar-refractivity contribution in [1.29, 1.82) is 0 Å². The summed E-state index contributed by atoms with van der Waals surface area (Å²) in [7, 11) is 0. The molecule has 0 saturated heterocycles. The van der Waals surface area contributed by atoms with E-state index in [0.29, 0.717) is 17.1 Å². The van der Waals surface area contributed by atoms with Crippen LogP contribution in [0.15, 0.2) is 18.2 Å². The van der Waals surface area contributed by atoms with Crippen LogP contribution in [0.2, 0.25) is 0 Å². The SMILES string of the molecule is [2H]C([2H])NCC(=O)c1ccc2c(c1)OCO2. The summed E-state index contributed by atoms with van der Waals surface area (Å²) in [6.45, 7) is -1.05. The number of likely N-dealkylation sites (N-methyl/N-ethyl adjacent to an activating group) is 1. The molecule has 0 saturated carbocycles. The van der Waals surface area contributed by atoms with Crippen LogP contribution in [0.3, 0.4) is 0 Å². The number of nitrogens with one attached hydrogen (secondary N) is 1. The normalized spacial score (nSPS) is 15.2. The molecule has 0 spiro atoms. The van der Waals surface area contributed by atoms with Gasteiger partial charge in [-0.3, -0.25) is 4.79 Å². The molecule has 4 nitrogen and oxygen atoms in total. The smallest absolute Gasteiger partial charge is 0.231 e. The van der Waals surface area contributed by atoms with Gasteiger partial charge in [0.2, 0.25) is 6.79 Å². The van der Waals surface area contributed by atoms with Gasteiger partial charge in [0.05, 0.1) is 6.54 Å². The van der Waals surface area contributed by atoms with Gasteiger partial charge >= 0.3 is 0 Å². The lowest BCUT2D eigenvalue weighted by Crippen LogP contribution is -2.18. The summed E-state index contributed by atoms with van der Waals surface area (Å²) in [4.78, 5) is 11.6. The molecule has 4 heteroatoms. The van der Waals surface area contributed by atoms with Crippen LogP contribution in [0.25, 0.3) is 0 Å². The Hall–Kier alpha value is -1.55. The lowest BCUT2D eigenvalue weighted by Gasteiger charge is -2.01. The van der Waals surface area contributed by atoms with Crippen LogP contribution >= 0.6 is 0 Å². The first-order valence-electron chi connectivity index (χ1n) is 5.33. The zero-order chi connectivity index (χ0) is 11.5. The van der Waals surface area contributed by atoms with Crippen molar-refractivity contribution in [3.05, 3.63) is 23.8 Å². The van der Waals surface area contributed by atoms with Crippen molar-refractivity contribution in [2.24, 2.45) is 0 Å². The van der Waals surface area contributed by atoms with Crippen molar-refractivity contribution < 1.29 is 17.0 Å². The number of benzene rings is 1. The Kier molecular flexibility index (Phi) is 1.79. The molecule has 1 aliphatic heterocycles. The largest absolute Gasteiger partial charge is 0.454 e. The predicted octanol–water partition coefficient (Wildman–Crippen LogP) is 0.817. The van der Waals surface area contributed by atoms with E-state index in [1.165, 1.54) is 0 Å². The minimum Gasteiger partial charge on any atom is -0.454 e. The van der Waals surface area contributed by atoms with Gasteiger partial charge < -0.3 is 14.8 Å². The molecule has 0 unspecified atom stereocenters. The average Bonchev–Trinajstić information content (AvgIpc) is 2.72. The highest BCUT2D eigenvalue weighted by molar-refractivity contribution is 5.98. The van der Waals surface area contributed by atoms with Crippen LogP contribution in [0.5, 0.6) is 11.5 Å². The molecule has 14 heavy (non-hydrogen) atoms. The summed E-state index contributed by atoms with van der Waals surface area (Å²) in [5, 5.41) is 2.42. The molecule has 0 aromatic heterocycles. The molecule has 2 rings (SSSR count). The van der Waals surface area contributed by atoms with Crippen LogP contribution in [-0.4, -0.2) is 26.1 Å². The number of hydrogen-bond acceptors (Lipinski definition) is 4. The van der Waals surface area contributed by atoms with Crippen molar-refractivity contribution in [2.45, 2.75) is 0 Å². The summed E-state index contributed by atoms with van der Waals surface area (Å²) < 4.78 is 24.1. The molecule has 0 amide bonds. The lowest BCUT2D eigenvalue weighted by atomic mass is 10.1. The molecule has 0 aliphatic carbocycles. The molecule has 0 bridgehead atoms. The fourth-order valence-corrected chi connectivity index (χ4v) is 1.26. The molecule has 1 aliphatic rings. The van der Waals surface area contributed by atoms with Gasteiger partial charge in [-0.1, -0.05) is 0 Å². The second kappa shape index (κ2) is 3.67. The van der Waals surface area contributed by atoms with E-state index in [0.717, 1.165) is 0 Å². The zero-order valence-electron chi connectivity index (χ0n) is 9.45. The molecule has 1 aromatic rings. The number of rotatable bonds is 3. The molecule has 0 radical (unpaired) electrons. The topological polar surface area (TPSA) is 47.6 Å². The lowest BCUT2D eigenvalue weighted by molar-refractivity contribution is 0.0993. The minimum absolute atomic E-state index is 0.0304. The van der Waals surface area contributed by atoms with Crippen molar-refractivity contribution in [3.63, 3.8) is 0 Å². The number of Topliss-reactive ketones (excluding diaryl/α,β-unsaturated/α-hetero) is 1. The van der Waals surface area contributed by atoms with E-state index in [9.17, 15) is 4.79 Å². The van der Waals surface area contributed by atoms with Gasteiger partial charge in [0.15, 0.2) is 17.3 Å². The summed E-state index contributed by atoms with van der Waals surface area (Å²) >= 11 is 0. The quantitative estimate of drug-likeness (QED) is 0.725. The third-order valence-electron chi connectivity index (χ3n) is 1.96. The Morgan fingerprint density at radius 3 is 3.29 bits per heavy atom. The minimum atomic E-state index is -1.20. The van der Waals surface area contributed by atoms with Crippen molar-refractivity contribution in [1.82, 2.24) is 5.32 Å². The van der Waals surface area contributed by atoms with Crippen LogP contribution in [-0.2, 0) is 0 Å². The highest BCUT2D eigenvalue weighted by Crippen LogP contribution is 2.32. The maximum atomic E-state index is 11.6. The van der Waals surface area contributed by atoms with E-state index in [2.05, 4.69) is 5.32 Å². The van der Waals surface area contributed by atoms with E-state index in [1.807, 2.05) is 0 Å². The molecule has 1 heterocycles. The van der Waals surface area contributed by atoms with E-state index in [-0.39, 0.29) is 19.1 Å². The molecule has 0 atom stereocenters. The third-order valence-corrected chi connectivity index (χ3v) is 1.96. The summed E-state index contributed by atoms with van der Waals surface area (Å²) in [5.74, 6) is 1.00. The maximum absolute atomic E-state index is 11.6. The van der Waals surface area contributed by atoms with Gasteiger partial charge in [-0.05, 0) is 25.2 Å². The van der Waals surface area contributed by atoms with Crippen LogP contribution in [0.1, 0.15) is 13.1 Å². The van der Waals surface area contributed by atoms with E-state index in [4.69, 9.17) is 12.2 Å². The van der Waals surface area contributed by atoms with E-state index >= 15 is 0 Å². The summed E-state index contributed by atoms with van der Waals surface area (Å²) in [6.07, 6.45) is 0. The highest BCUT2D eigenvalue weighted by atomic mass is 16.7. The van der Waals surface area contributed by atoms with Gasteiger partial charge in [0.25, 0.3) is 0 Å². The van der Waals surface area contributed by atoms with Crippen LogP contribution in [0.4, 0.5) is 0 Å². The zero-order valence-corrected chi connectivity index (χ0v) is 7.45. The number of hydrogen-bond donors (Lipinski definition) is 1. The number of fused-ring (bicyclic) bond motifs is 1. The Morgan fingerprint density at radius 2 is 2.43 bits per heavy atom. The van der Waals surface area contributed by atoms with Gasteiger partial charge in [-0.15, -0.1) is 0 Å². The monoisotopic (exact) mass is 195 g/mol. The second-order valence-corrected chi connectivity index (χ2v) is 2.87. The van der Waals surface area contributed by atoms with Gasteiger partial charge in [-0.25, -0.2) is 0 Å². The van der Waals surface area contributed by atoms with E-state index in [1.54, 1.807) is 18.2 Å². The highest BCUT2D eigenvalue weighted by Gasteiger charge is 2.15. The Balaban J connectivity index is 2.06. The molecule has 1 aromatic carbocycles. The first-order chi connectivity index (χ1) is 7.66. The molecule has 0 fully saturated rings. The fourth-order valence-electron chi connectivity index (χ4n) is 1.26. The Labute approximate surface area is 84.6 Å². The van der Waals surface area contributed by atoms with Crippen molar-refractivity contribution in [2.75, 3.05) is 20.3 Å². The van der Waals surface area contributed by atoms with Gasteiger partial charge in [0, 0.05) is 8.30 Å². The fraction of sp³-hybridized carbons (Fsp3) is 0.300. The maximum Gasteiger partial charge on any atom is 0.231 e. The molecular weight excluding hydrogens is 182 g/mol. The Bertz CT molecular complexity index is 409. The molecule has 74 valence electrons. The first kappa shape index (κ1) is 6.84. The standard InChI is InChI=1S/C10H11NO3/c1-11-5-8(12)7-2-3-9-10(4-7)14-6-13-9/h2-4,11H,5-6H2,1H3/i1D2. The summed E-state index contributed by atoms with van der Waals surface area (Å²) in [5.41, 5.74) is 0.484. The van der Waals surface area contributed by atoms with Crippen molar-refractivity contribution in [3.8, 4) is 11.5 Å². The number of ether oxygens (including phenoxy) is 2. The van der Waals surface area contributed by atoms with Crippen LogP contribution in [0, 0.1) is 0 Å². The van der Waals surface area contributed by atoms with Gasteiger partial charge in [-0.2, -0.15) is 0 Å². The summed E-state index contributed by atoms with van der Waals surface area (Å²) in [6, 6.07) is 4.92. The van der Waals surface area contributed by atoms with Gasteiger partial charge in [0.1, 0.15) is 0 Å². The average molecular weight is 195 g/mol. The molecule has 1 N–H and O–H groups in total. The number of ketones is 1. The van der Waals surface area contributed by atoms with Crippen LogP contribution < -0.4 is 14.8 Å². The number of carbonyl (C=O) groups is 1. The first-order valence-corrected chi connectivity index (χ1v) is 4.17. The van der Waals surface area contributed by atoms with E-state index < -0.39 is 7.00 Å². The third kappa shape index (κ3) is 1.56. The molecular formula is C10H11NO3. The predicted molar refractivity (Wildman–Crippen MR) is 50.8 cm³/mol. The van der Waals surface area contributed by atoms with Crippen molar-refractivity contribution >= 4 is 5.78 Å². The second-order valence-electron chi connectivity index (χ2n) is 2.87. The Morgan fingerprint density at radius 1 is 1.57 bits per heavy atom. The number of carbonyl (C=O) groups excluding carboxylic acids is 1.